The molecule has 0 bridgehead atoms. The van der Waals surface area contributed by atoms with Gasteiger partial charge in [0.05, 0.1) is 0 Å². The van der Waals surface area contributed by atoms with Gasteiger partial charge in [0.15, 0.2) is 0 Å². The minimum absolute atomic E-state index is 0.139. The molecule has 0 spiro atoms. The van der Waals surface area contributed by atoms with Gasteiger partial charge in [0.2, 0.25) is 5.60 Å². The van der Waals surface area contributed by atoms with Crippen LogP contribution < -0.4 is 4.90 Å². The first kappa shape index (κ1) is 18.2. The summed E-state index contributed by atoms with van der Waals surface area (Å²) in [7, 11) is 4.97. The molecule has 6 heteroatoms. The van der Waals surface area contributed by atoms with E-state index in [2.05, 4.69) is 0 Å². The fourth-order valence-corrected chi connectivity index (χ4v) is 5.13. The van der Waals surface area contributed by atoms with Crippen molar-refractivity contribution in [3.05, 3.63) is 65.7 Å². The Balaban J connectivity index is 2.12. The molecular weight excluding hydrogens is 371 g/mol. The van der Waals surface area contributed by atoms with Crippen molar-refractivity contribution in [3.8, 4) is 0 Å². The summed E-state index contributed by atoms with van der Waals surface area (Å²) in [6.45, 7) is 0. The second-order valence-electron chi connectivity index (χ2n) is 6.69. The second-order valence-corrected chi connectivity index (χ2v) is 7.74. The van der Waals surface area contributed by atoms with Gasteiger partial charge in [-0.15, -0.1) is 0 Å². The summed E-state index contributed by atoms with van der Waals surface area (Å²) in [5.41, 5.74) is -1.23. The summed E-state index contributed by atoms with van der Waals surface area (Å²) in [5, 5.41) is 1.71. The molecule has 0 saturated carbocycles. The minimum atomic E-state index is -4.60. The second kappa shape index (κ2) is 6.17. The molecule has 1 unspecified atom stereocenters. The number of nitrogens with zero attached hydrogens (tertiary/aromatic N) is 1. The monoisotopic (exact) mass is 389 g/mol. The molecule has 0 amide bonds. The first-order chi connectivity index (χ1) is 12.8. The summed E-state index contributed by atoms with van der Waals surface area (Å²) in [6.07, 6.45) is -4.60. The third kappa shape index (κ3) is 2.47. The molecule has 0 fully saturated rings. The van der Waals surface area contributed by atoms with E-state index in [0.29, 0.717) is 9.79 Å². The molecule has 0 aromatic heterocycles. The van der Waals surface area contributed by atoms with Gasteiger partial charge in [-0.3, -0.25) is 0 Å². The average molecular weight is 389 g/mol. The molecule has 1 aliphatic heterocycles. The lowest BCUT2D eigenvalue weighted by molar-refractivity contribution is -0.260. The molecule has 3 aromatic carbocycles. The zero-order chi connectivity index (χ0) is 19.4. The standard InChI is InChI=1S/C21H18F3NOS/c1-25(2)17-9-6-7-14-13(17)11-12-16-19(14)27-18-10-5-4-8-15(18)20(16,26-3)21(22,23)24/h4-12H,1-3H3. The number of anilines is 1. The maximum absolute atomic E-state index is 14.4. The Bertz CT molecular complexity index is 1030. The van der Waals surface area contributed by atoms with Gasteiger partial charge in [0.1, 0.15) is 0 Å². The molecule has 140 valence electrons. The van der Waals surface area contributed by atoms with Crippen molar-refractivity contribution >= 4 is 28.2 Å². The predicted octanol–water partition coefficient (Wildman–Crippen LogP) is 5.82. The molecule has 27 heavy (non-hydrogen) atoms. The van der Waals surface area contributed by atoms with E-state index in [0.717, 1.165) is 23.6 Å². The maximum Gasteiger partial charge on any atom is 0.426 e. The van der Waals surface area contributed by atoms with E-state index in [9.17, 15) is 13.2 Å². The van der Waals surface area contributed by atoms with Crippen molar-refractivity contribution in [1.29, 1.82) is 0 Å². The lowest BCUT2D eigenvalue weighted by atomic mass is 9.83. The number of benzene rings is 3. The number of rotatable bonds is 2. The van der Waals surface area contributed by atoms with Gasteiger partial charge < -0.3 is 9.64 Å². The Morgan fingerprint density at radius 3 is 2.30 bits per heavy atom. The van der Waals surface area contributed by atoms with Crippen LogP contribution in [0.5, 0.6) is 0 Å². The summed E-state index contributed by atoms with van der Waals surface area (Å²) in [5.74, 6) is 0. The van der Waals surface area contributed by atoms with Crippen LogP contribution in [0.15, 0.2) is 64.4 Å². The Morgan fingerprint density at radius 2 is 1.63 bits per heavy atom. The molecule has 0 radical (unpaired) electrons. The van der Waals surface area contributed by atoms with Crippen LogP contribution in [0.3, 0.4) is 0 Å². The van der Waals surface area contributed by atoms with Gasteiger partial charge in [-0.05, 0) is 17.5 Å². The lowest BCUT2D eigenvalue weighted by Crippen LogP contribution is -2.47. The smallest absolute Gasteiger partial charge is 0.377 e. The molecule has 1 heterocycles. The summed E-state index contributed by atoms with van der Waals surface area (Å²) >= 11 is 1.37. The third-order valence-corrected chi connectivity index (χ3v) is 6.25. The highest BCUT2D eigenvalue weighted by atomic mass is 32.2. The first-order valence-corrected chi connectivity index (χ1v) is 9.25. The molecule has 0 aliphatic carbocycles. The SMILES string of the molecule is COC1(C(F)(F)F)c2ccccc2Sc2c1ccc1c(N(C)C)cccc21. The zero-order valence-corrected chi connectivity index (χ0v) is 15.9. The summed E-state index contributed by atoms with van der Waals surface area (Å²) in [4.78, 5) is 3.12. The van der Waals surface area contributed by atoms with Gasteiger partial charge in [-0.2, -0.15) is 13.2 Å². The van der Waals surface area contributed by atoms with Crippen LogP contribution in [0.4, 0.5) is 18.9 Å². The van der Waals surface area contributed by atoms with Crippen LogP contribution in [0.2, 0.25) is 0 Å². The normalized spacial score (nSPS) is 18.9. The quantitative estimate of drug-likeness (QED) is 0.548. The largest absolute Gasteiger partial charge is 0.426 e. The van der Waals surface area contributed by atoms with Gasteiger partial charge in [-0.1, -0.05) is 54.2 Å². The number of fused-ring (bicyclic) bond motifs is 4. The van der Waals surface area contributed by atoms with Crippen LogP contribution in [0.25, 0.3) is 10.8 Å². The van der Waals surface area contributed by atoms with Crippen molar-refractivity contribution in [3.63, 3.8) is 0 Å². The first-order valence-electron chi connectivity index (χ1n) is 8.44. The fraction of sp³-hybridized carbons (Fsp3) is 0.238. The van der Waals surface area contributed by atoms with Gasteiger partial charge in [-0.25, -0.2) is 0 Å². The Labute approximate surface area is 159 Å². The molecule has 1 atom stereocenters. The van der Waals surface area contributed by atoms with Crippen molar-refractivity contribution in [2.24, 2.45) is 0 Å². The fourth-order valence-electron chi connectivity index (χ4n) is 3.83. The van der Waals surface area contributed by atoms with Crippen LogP contribution in [-0.2, 0) is 10.3 Å². The van der Waals surface area contributed by atoms with Crippen LogP contribution in [0.1, 0.15) is 11.1 Å². The van der Waals surface area contributed by atoms with Crippen molar-refractivity contribution in [2.45, 2.75) is 21.6 Å². The number of hydrogen-bond donors (Lipinski definition) is 0. The molecular formula is C21H18F3NOS. The molecule has 0 saturated heterocycles. The van der Waals surface area contributed by atoms with Gasteiger partial charge >= 0.3 is 6.18 Å². The number of ether oxygens (including phenoxy) is 1. The summed E-state index contributed by atoms with van der Waals surface area (Å²) in [6, 6.07) is 15.6. The van der Waals surface area contributed by atoms with Crippen molar-refractivity contribution in [1.82, 2.24) is 0 Å². The number of methoxy groups -OCH3 is 1. The summed E-state index contributed by atoms with van der Waals surface area (Å²) < 4.78 is 48.5. The molecule has 4 rings (SSSR count). The number of halogens is 3. The van der Waals surface area contributed by atoms with Gasteiger partial charge in [0.25, 0.3) is 0 Å². The number of hydrogen-bond acceptors (Lipinski definition) is 3. The highest BCUT2D eigenvalue weighted by Gasteiger charge is 2.61. The van der Waals surface area contributed by atoms with E-state index in [4.69, 9.17) is 4.74 Å². The Morgan fingerprint density at radius 1 is 0.889 bits per heavy atom. The highest BCUT2D eigenvalue weighted by Crippen LogP contribution is 2.58. The Hall–Kier alpha value is -2.18. The predicted molar refractivity (Wildman–Crippen MR) is 103 cm³/mol. The number of alkyl halides is 3. The van der Waals surface area contributed by atoms with E-state index >= 15 is 0 Å². The third-order valence-electron chi connectivity index (χ3n) is 5.03. The van der Waals surface area contributed by atoms with Crippen molar-refractivity contribution in [2.75, 3.05) is 26.1 Å². The Kier molecular flexibility index (Phi) is 4.16. The lowest BCUT2D eigenvalue weighted by Gasteiger charge is -2.40. The van der Waals surface area contributed by atoms with E-state index in [1.54, 1.807) is 30.3 Å². The molecule has 1 aliphatic rings. The van der Waals surface area contributed by atoms with E-state index in [-0.39, 0.29) is 11.1 Å². The zero-order valence-electron chi connectivity index (χ0n) is 15.1. The molecule has 3 aromatic rings. The van der Waals surface area contributed by atoms with Gasteiger partial charge in [0, 0.05) is 53.2 Å². The van der Waals surface area contributed by atoms with Crippen molar-refractivity contribution < 1.29 is 17.9 Å². The topological polar surface area (TPSA) is 12.5 Å². The van der Waals surface area contributed by atoms with E-state index < -0.39 is 11.8 Å². The highest BCUT2D eigenvalue weighted by molar-refractivity contribution is 7.99. The minimum Gasteiger partial charge on any atom is -0.377 e. The van der Waals surface area contributed by atoms with E-state index in [1.165, 1.54) is 17.8 Å². The van der Waals surface area contributed by atoms with E-state index in [1.807, 2.05) is 37.2 Å². The maximum atomic E-state index is 14.4. The average Bonchev–Trinajstić information content (AvgIpc) is 2.64. The molecule has 2 nitrogen and oxygen atoms in total. The van der Waals surface area contributed by atoms with Crippen LogP contribution >= 0.6 is 11.8 Å². The molecule has 0 N–H and O–H groups in total. The van der Waals surface area contributed by atoms with Crippen LogP contribution in [-0.4, -0.2) is 27.4 Å². The van der Waals surface area contributed by atoms with Crippen LogP contribution in [0, 0.1) is 0 Å².